The Balaban J connectivity index is 1.62. The Labute approximate surface area is 123 Å². The van der Waals surface area contributed by atoms with E-state index in [-0.39, 0.29) is 5.82 Å². The quantitative estimate of drug-likeness (QED) is 0.773. The standard InChI is InChI=1S/C14H13F2N5O/c15-12(16)13-18-9-2-1-8(4-10(9)19-13)14-20-11(21-22-14)3-7-5-17-6-7/h1-2,4,7,12,17H,3,5-6H2,(H,18,19). The van der Waals surface area contributed by atoms with Gasteiger partial charge in [0.05, 0.1) is 11.0 Å². The fourth-order valence-electron chi connectivity index (χ4n) is 2.47. The zero-order valence-corrected chi connectivity index (χ0v) is 11.5. The number of imidazole rings is 1. The lowest BCUT2D eigenvalue weighted by Crippen LogP contribution is -2.43. The summed E-state index contributed by atoms with van der Waals surface area (Å²) < 4.78 is 30.6. The van der Waals surface area contributed by atoms with E-state index in [0.29, 0.717) is 34.2 Å². The highest BCUT2D eigenvalue weighted by molar-refractivity contribution is 5.80. The van der Waals surface area contributed by atoms with Crippen molar-refractivity contribution in [2.24, 2.45) is 5.92 Å². The van der Waals surface area contributed by atoms with Crippen molar-refractivity contribution in [2.75, 3.05) is 13.1 Å². The number of H-pyrrole nitrogens is 1. The first kappa shape index (κ1) is 13.3. The number of fused-ring (bicyclic) bond motifs is 1. The van der Waals surface area contributed by atoms with Crippen LogP contribution in [0, 0.1) is 5.92 Å². The first-order chi connectivity index (χ1) is 10.7. The van der Waals surface area contributed by atoms with Gasteiger partial charge in [0.25, 0.3) is 12.3 Å². The third kappa shape index (κ3) is 2.35. The number of rotatable bonds is 4. The molecule has 3 heterocycles. The van der Waals surface area contributed by atoms with Crippen LogP contribution in [0.2, 0.25) is 0 Å². The molecule has 6 nitrogen and oxygen atoms in total. The van der Waals surface area contributed by atoms with Crippen molar-refractivity contribution in [1.82, 2.24) is 25.4 Å². The number of aromatic amines is 1. The van der Waals surface area contributed by atoms with Crippen LogP contribution in [-0.4, -0.2) is 33.2 Å². The Bertz CT molecular complexity index is 809. The second-order valence-corrected chi connectivity index (χ2v) is 5.40. The molecule has 1 aliphatic heterocycles. The van der Waals surface area contributed by atoms with Crippen LogP contribution in [0.5, 0.6) is 0 Å². The number of benzene rings is 1. The largest absolute Gasteiger partial charge is 0.337 e. The molecule has 0 atom stereocenters. The van der Waals surface area contributed by atoms with Crippen molar-refractivity contribution in [3.63, 3.8) is 0 Å². The second kappa shape index (κ2) is 5.13. The van der Waals surface area contributed by atoms with E-state index in [0.717, 1.165) is 19.5 Å². The lowest BCUT2D eigenvalue weighted by molar-refractivity contribution is 0.142. The first-order valence-electron chi connectivity index (χ1n) is 7.00. The molecule has 1 aromatic carbocycles. The van der Waals surface area contributed by atoms with Crippen LogP contribution in [0.3, 0.4) is 0 Å². The molecule has 0 aliphatic carbocycles. The summed E-state index contributed by atoms with van der Waals surface area (Å²) in [4.78, 5) is 10.8. The second-order valence-electron chi connectivity index (χ2n) is 5.40. The van der Waals surface area contributed by atoms with E-state index in [2.05, 4.69) is 25.4 Å². The Morgan fingerprint density at radius 2 is 2.14 bits per heavy atom. The zero-order valence-electron chi connectivity index (χ0n) is 11.5. The minimum Gasteiger partial charge on any atom is -0.337 e. The highest BCUT2D eigenvalue weighted by Gasteiger charge is 2.20. The smallest absolute Gasteiger partial charge is 0.295 e. The zero-order chi connectivity index (χ0) is 15.1. The fourth-order valence-corrected chi connectivity index (χ4v) is 2.47. The molecule has 114 valence electrons. The highest BCUT2D eigenvalue weighted by Crippen LogP contribution is 2.25. The highest BCUT2D eigenvalue weighted by atomic mass is 19.3. The van der Waals surface area contributed by atoms with Gasteiger partial charge in [0, 0.05) is 12.0 Å². The summed E-state index contributed by atoms with van der Waals surface area (Å²) in [6.07, 6.45) is -1.85. The van der Waals surface area contributed by atoms with E-state index < -0.39 is 6.43 Å². The lowest BCUT2D eigenvalue weighted by Gasteiger charge is -2.25. The van der Waals surface area contributed by atoms with Crippen molar-refractivity contribution in [3.05, 3.63) is 29.8 Å². The van der Waals surface area contributed by atoms with Crippen LogP contribution >= 0.6 is 0 Å². The normalized spacial score (nSPS) is 15.6. The average Bonchev–Trinajstić information content (AvgIpc) is 3.08. The van der Waals surface area contributed by atoms with Gasteiger partial charge in [-0.05, 0) is 37.2 Å². The van der Waals surface area contributed by atoms with Gasteiger partial charge in [-0.3, -0.25) is 0 Å². The van der Waals surface area contributed by atoms with Gasteiger partial charge >= 0.3 is 0 Å². The molecule has 0 unspecified atom stereocenters. The third-order valence-corrected chi connectivity index (χ3v) is 3.76. The molecular weight excluding hydrogens is 292 g/mol. The molecule has 1 aliphatic rings. The van der Waals surface area contributed by atoms with Crippen LogP contribution in [-0.2, 0) is 6.42 Å². The maximum Gasteiger partial charge on any atom is 0.295 e. The number of alkyl halides is 2. The monoisotopic (exact) mass is 305 g/mol. The van der Waals surface area contributed by atoms with Crippen molar-refractivity contribution in [3.8, 4) is 11.5 Å². The molecule has 3 aromatic rings. The van der Waals surface area contributed by atoms with E-state index in [1.807, 2.05) is 0 Å². The van der Waals surface area contributed by atoms with E-state index in [9.17, 15) is 8.78 Å². The van der Waals surface area contributed by atoms with Crippen LogP contribution in [0.4, 0.5) is 8.78 Å². The minimum atomic E-state index is -2.62. The van der Waals surface area contributed by atoms with Gasteiger partial charge in [-0.15, -0.1) is 0 Å². The van der Waals surface area contributed by atoms with Crippen LogP contribution < -0.4 is 5.32 Å². The third-order valence-electron chi connectivity index (χ3n) is 3.76. The summed E-state index contributed by atoms with van der Waals surface area (Å²) in [5, 5.41) is 7.16. The molecule has 0 spiro atoms. The van der Waals surface area contributed by atoms with Gasteiger partial charge in [0.2, 0.25) is 0 Å². The molecular formula is C14H13F2N5O. The number of hydrogen-bond donors (Lipinski definition) is 2. The van der Waals surface area contributed by atoms with Crippen molar-refractivity contribution < 1.29 is 13.3 Å². The lowest BCUT2D eigenvalue weighted by atomic mass is 9.99. The van der Waals surface area contributed by atoms with E-state index in [1.165, 1.54) is 0 Å². The number of nitrogens with one attached hydrogen (secondary N) is 2. The van der Waals surface area contributed by atoms with Gasteiger partial charge in [-0.2, -0.15) is 4.98 Å². The Kier molecular flexibility index (Phi) is 3.11. The number of hydrogen-bond acceptors (Lipinski definition) is 5. The van der Waals surface area contributed by atoms with Gasteiger partial charge in [-0.25, -0.2) is 13.8 Å². The molecule has 22 heavy (non-hydrogen) atoms. The number of halogens is 2. The SMILES string of the molecule is FC(F)c1nc2ccc(-c3nc(CC4CNC4)no3)cc2[nH]1. The molecule has 0 saturated carbocycles. The Morgan fingerprint density at radius 3 is 2.86 bits per heavy atom. The molecule has 8 heteroatoms. The Morgan fingerprint density at radius 1 is 1.27 bits per heavy atom. The molecule has 2 N–H and O–H groups in total. The van der Waals surface area contributed by atoms with E-state index >= 15 is 0 Å². The predicted molar refractivity (Wildman–Crippen MR) is 74.4 cm³/mol. The Hall–Kier alpha value is -2.35. The maximum atomic E-state index is 12.7. The minimum absolute atomic E-state index is 0.337. The number of aromatic nitrogens is 4. The van der Waals surface area contributed by atoms with Crippen molar-refractivity contribution in [2.45, 2.75) is 12.8 Å². The first-order valence-corrected chi connectivity index (χ1v) is 7.00. The summed E-state index contributed by atoms with van der Waals surface area (Å²) in [6, 6.07) is 5.09. The molecule has 0 amide bonds. The summed E-state index contributed by atoms with van der Waals surface area (Å²) in [6.45, 7) is 1.95. The summed E-state index contributed by atoms with van der Waals surface area (Å²) in [7, 11) is 0. The molecule has 4 rings (SSSR count). The summed E-state index contributed by atoms with van der Waals surface area (Å²) in [5.41, 5.74) is 1.69. The number of nitrogens with zero attached hydrogens (tertiary/aromatic N) is 3. The van der Waals surface area contributed by atoms with E-state index in [4.69, 9.17) is 4.52 Å². The molecule has 1 fully saturated rings. The van der Waals surface area contributed by atoms with Crippen molar-refractivity contribution in [1.29, 1.82) is 0 Å². The van der Waals surface area contributed by atoms with E-state index in [1.54, 1.807) is 18.2 Å². The topological polar surface area (TPSA) is 79.6 Å². The summed E-state index contributed by atoms with van der Waals surface area (Å²) >= 11 is 0. The molecule has 1 saturated heterocycles. The van der Waals surface area contributed by atoms with Gasteiger partial charge in [0.1, 0.15) is 0 Å². The van der Waals surface area contributed by atoms with Gasteiger partial charge < -0.3 is 14.8 Å². The maximum absolute atomic E-state index is 12.7. The predicted octanol–water partition coefficient (Wildman–Crippen LogP) is 2.31. The molecule has 0 bridgehead atoms. The molecule has 2 aromatic heterocycles. The van der Waals surface area contributed by atoms with Gasteiger partial charge in [-0.1, -0.05) is 5.16 Å². The van der Waals surface area contributed by atoms with Crippen LogP contribution in [0.15, 0.2) is 22.7 Å². The fraction of sp³-hybridized carbons (Fsp3) is 0.357. The average molecular weight is 305 g/mol. The van der Waals surface area contributed by atoms with Crippen molar-refractivity contribution >= 4 is 11.0 Å². The van der Waals surface area contributed by atoms with Crippen LogP contribution in [0.1, 0.15) is 18.1 Å². The summed E-state index contributed by atoms with van der Waals surface area (Å²) in [5.74, 6) is 1.27. The van der Waals surface area contributed by atoms with Crippen LogP contribution in [0.25, 0.3) is 22.5 Å². The molecule has 0 radical (unpaired) electrons. The van der Waals surface area contributed by atoms with Gasteiger partial charge in [0.15, 0.2) is 11.6 Å².